The van der Waals surface area contributed by atoms with E-state index >= 15 is 0 Å². The van der Waals surface area contributed by atoms with Crippen LogP contribution in [0, 0.1) is 0 Å². The third-order valence-electron chi connectivity index (χ3n) is 5.65. The van der Waals surface area contributed by atoms with Crippen LogP contribution in [-0.2, 0) is 12.6 Å². The number of anilines is 2. The molecule has 3 heterocycles. The summed E-state index contributed by atoms with van der Waals surface area (Å²) < 4.78 is 39.3. The van der Waals surface area contributed by atoms with Gasteiger partial charge < -0.3 is 20.9 Å². The highest BCUT2D eigenvalue weighted by Crippen LogP contribution is 2.35. The van der Waals surface area contributed by atoms with Crippen molar-refractivity contribution in [1.29, 1.82) is 0 Å². The van der Waals surface area contributed by atoms with Gasteiger partial charge in [0.05, 0.1) is 33.4 Å². The summed E-state index contributed by atoms with van der Waals surface area (Å²) in [4.78, 5) is 40.4. The molecule has 40 heavy (non-hydrogen) atoms. The van der Waals surface area contributed by atoms with Gasteiger partial charge in [-0.05, 0) is 52.0 Å². The van der Waals surface area contributed by atoms with Crippen molar-refractivity contribution in [3.05, 3.63) is 61.3 Å². The predicted molar refractivity (Wildman–Crippen MR) is 150 cm³/mol. The summed E-state index contributed by atoms with van der Waals surface area (Å²) in [5.74, 6) is -1.04. The van der Waals surface area contributed by atoms with E-state index < -0.39 is 34.6 Å². The third kappa shape index (κ3) is 8.03. The summed E-state index contributed by atoms with van der Waals surface area (Å²) in [6.07, 6.45) is 0.377. The molecule has 3 aromatic heterocycles. The molecule has 9 nitrogen and oxygen atoms in total. The second-order valence-corrected chi connectivity index (χ2v) is 10.9. The van der Waals surface area contributed by atoms with Gasteiger partial charge in [0.25, 0.3) is 11.8 Å². The lowest BCUT2D eigenvalue weighted by molar-refractivity contribution is -0.137. The molecule has 0 aliphatic rings. The SMILES string of the molecule is CCc1cnc(NCCCN(C)C)c(Cl)c1C(=O)NC(C)c1ncc(C(=O)Nc2cc(C(F)(F)F)c(Cl)cn2)s1. The van der Waals surface area contributed by atoms with Gasteiger partial charge in [0.2, 0.25) is 0 Å². The molecule has 3 aromatic rings. The normalized spacial score (nSPS) is 12.3. The number of amides is 2. The van der Waals surface area contributed by atoms with E-state index in [0.717, 1.165) is 30.5 Å². The van der Waals surface area contributed by atoms with Gasteiger partial charge in [0.1, 0.15) is 21.5 Å². The molecule has 2 amide bonds. The molecule has 216 valence electrons. The Morgan fingerprint density at radius 3 is 2.48 bits per heavy atom. The Balaban J connectivity index is 1.70. The second-order valence-electron chi connectivity index (χ2n) is 9.02. The number of aryl methyl sites for hydroxylation is 1. The largest absolute Gasteiger partial charge is 0.418 e. The van der Waals surface area contributed by atoms with E-state index in [2.05, 4.69) is 35.8 Å². The lowest BCUT2D eigenvalue weighted by atomic mass is 10.1. The minimum absolute atomic E-state index is 0.113. The summed E-state index contributed by atoms with van der Waals surface area (Å²) >= 11 is 13.1. The van der Waals surface area contributed by atoms with Crippen LogP contribution >= 0.6 is 34.5 Å². The van der Waals surface area contributed by atoms with E-state index in [4.69, 9.17) is 23.2 Å². The van der Waals surface area contributed by atoms with Crippen molar-refractivity contribution in [2.24, 2.45) is 0 Å². The van der Waals surface area contributed by atoms with Crippen molar-refractivity contribution in [1.82, 2.24) is 25.2 Å². The fourth-order valence-electron chi connectivity index (χ4n) is 3.59. The number of aromatic nitrogens is 3. The second kappa shape index (κ2) is 13.6. The number of alkyl halides is 3. The van der Waals surface area contributed by atoms with Gasteiger partial charge >= 0.3 is 6.18 Å². The molecule has 3 N–H and O–H groups in total. The van der Waals surface area contributed by atoms with E-state index in [9.17, 15) is 22.8 Å². The number of pyridine rings is 2. The molecule has 0 aliphatic heterocycles. The third-order valence-corrected chi connectivity index (χ3v) is 7.50. The summed E-state index contributed by atoms with van der Waals surface area (Å²) in [5.41, 5.74) is -0.152. The molecule has 15 heteroatoms. The zero-order chi connectivity index (χ0) is 29.6. The number of hydrogen-bond acceptors (Lipinski definition) is 8. The minimum Gasteiger partial charge on any atom is -0.369 e. The predicted octanol–water partition coefficient (Wildman–Crippen LogP) is 5.93. The smallest absolute Gasteiger partial charge is 0.369 e. The van der Waals surface area contributed by atoms with Crippen molar-refractivity contribution in [3.8, 4) is 0 Å². The summed E-state index contributed by atoms with van der Waals surface area (Å²) in [7, 11) is 3.96. The number of nitrogens with one attached hydrogen (secondary N) is 3. The Labute approximate surface area is 243 Å². The number of rotatable bonds is 11. The molecule has 0 spiro atoms. The van der Waals surface area contributed by atoms with E-state index in [1.165, 1.54) is 6.20 Å². The first kappa shape index (κ1) is 31.5. The summed E-state index contributed by atoms with van der Waals surface area (Å²) in [5, 5.41) is 8.37. The molecule has 1 unspecified atom stereocenters. The zero-order valence-electron chi connectivity index (χ0n) is 22.1. The van der Waals surface area contributed by atoms with Gasteiger partial charge in [0.15, 0.2) is 0 Å². The Kier molecular flexibility index (Phi) is 10.7. The fraction of sp³-hybridized carbons (Fsp3) is 0.400. The van der Waals surface area contributed by atoms with Crippen LogP contribution in [0.25, 0.3) is 0 Å². The Morgan fingerprint density at radius 2 is 1.82 bits per heavy atom. The summed E-state index contributed by atoms with van der Waals surface area (Å²) in [6.45, 7) is 5.08. The zero-order valence-corrected chi connectivity index (χ0v) is 24.4. The van der Waals surface area contributed by atoms with Gasteiger partial charge in [-0.3, -0.25) is 9.59 Å². The molecule has 0 saturated carbocycles. The molecule has 0 saturated heterocycles. The summed E-state index contributed by atoms with van der Waals surface area (Å²) in [6, 6.07) is 0.0511. The average molecular weight is 619 g/mol. The van der Waals surface area contributed by atoms with Crippen LogP contribution in [0.2, 0.25) is 10.0 Å². The molecular formula is C25H28Cl2F3N7O2S. The number of halogens is 5. The molecule has 0 aromatic carbocycles. The van der Waals surface area contributed by atoms with Crippen LogP contribution < -0.4 is 16.0 Å². The lowest BCUT2D eigenvalue weighted by Gasteiger charge is -2.17. The Morgan fingerprint density at radius 1 is 1.10 bits per heavy atom. The number of carbonyl (C=O) groups excluding carboxylic acids is 2. The molecule has 0 fully saturated rings. The van der Waals surface area contributed by atoms with E-state index in [1.54, 1.807) is 13.1 Å². The van der Waals surface area contributed by atoms with Gasteiger partial charge in [-0.2, -0.15) is 13.2 Å². The van der Waals surface area contributed by atoms with Gasteiger partial charge in [0, 0.05) is 18.9 Å². The van der Waals surface area contributed by atoms with Crippen molar-refractivity contribution >= 4 is 58.0 Å². The van der Waals surface area contributed by atoms with Crippen molar-refractivity contribution < 1.29 is 22.8 Å². The van der Waals surface area contributed by atoms with Crippen LogP contribution in [0.4, 0.5) is 24.8 Å². The molecule has 0 bridgehead atoms. The highest BCUT2D eigenvalue weighted by atomic mass is 35.5. The van der Waals surface area contributed by atoms with E-state index in [0.29, 0.717) is 41.0 Å². The first-order valence-electron chi connectivity index (χ1n) is 12.2. The minimum atomic E-state index is -4.71. The molecule has 0 aliphatic carbocycles. The first-order valence-corrected chi connectivity index (χ1v) is 13.8. The topological polar surface area (TPSA) is 112 Å². The van der Waals surface area contributed by atoms with E-state index in [1.807, 2.05) is 21.0 Å². The van der Waals surface area contributed by atoms with Gasteiger partial charge in [-0.25, -0.2) is 15.0 Å². The number of thiazole rings is 1. The highest BCUT2D eigenvalue weighted by Gasteiger charge is 2.34. The number of hydrogen-bond donors (Lipinski definition) is 3. The number of nitrogens with zero attached hydrogens (tertiary/aromatic N) is 4. The lowest BCUT2D eigenvalue weighted by Crippen LogP contribution is -2.28. The maximum atomic E-state index is 13.3. The highest BCUT2D eigenvalue weighted by molar-refractivity contribution is 7.13. The molecule has 0 radical (unpaired) electrons. The first-order chi connectivity index (χ1) is 18.8. The molecular weight excluding hydrogens is 590 g/mol. The monoisotopic (exact) mass is 617 g/mol. The molecule has 1 atom stereocenters. The maximum absolute atomic E-state index is 13.3. The van der Waals surface area contributed by atoms with Crippen LogP contribution in [-0.4, -0.2) is 58.9 Å². The Hall–Kier alpha value is -3.00. The van der Waals surface area contributed by atoms with Gasteiger partial charge in [-0.1, -0.05) is 30.1 Å². The molecule has 3 rings (SSSR count). The number of carbonyl (C=O) groups is 2. The van der Waals surface area contributed by atoms with Crippen molar-refractivity contribution in [2.75, 3.05) is 37.8 Å². The van der Waals surface area contributed by atoms with E-state index in [-0.39, 0.29) is 15.7 Å². The van der Waals surface area contributed by atoms with Crippen molar-refractivity contribution in [3.63, 3.8) is 0 Å². The average Bonchev–Trinajstić information content (AvgIpc) is 3.38. The van der Waals surface area contributed by atoms with Crippen LogP contribution in [0.1, 0.15) is 62.5 Å². The fourth-order valence-corrected chi connectivity index (χ4v) is 4.94. The van der Waals surface area contributed by atoms with Crippen molar-refractivity contribution in [2.45, 2.75) is 38.9 Å². The quantitative estimate of drug-likeness (QED) is 0.229. The maximum Gasteiger partial charge on any atom is 0.418 e. The van der Waals surface area contributed by atoms with Crippen LogP contribution in [0.3, 0.4) is 0 Å². The van der Waals surface area contributed by atoms with Gasteiger partial charge in [-0.15, -0.1) is 11.3 Å². The Bertz CT molecular complexity index is 1370. The standard InChI is InChI=1S/C25H28Cl2F3N7O2S/c1-5-14-10-33-21(31-7-6-8-37(3)4)20(27)19(14)23(39)35-13(2)24-34-12-17(40-24)22(38)36-18-9-15(25(28,29)30)16(26)11-32-18/h9-13H,5-8H2,1-4H3,(H,31,33)(H,35,39)(H,32,36,38). The van der Waals surface area contributed by atoms with Crippen LogP contribution in [0.15, 0.2) is 24.7 Å². The van der Waals surface area contributed by atoms with Crippen LogP contribution in [0.5, 0.6) is 0 Å².